The maximum absolute atomic E-state index is 13.4. The zero-order valence-corrected chi connectivity index (χ0v) is 25.3. The molecule has 2 aromatic rings. The zero-order valence-electron chi connectivity index (χ0n) is 25.3. The molecule has 7 heteroatoms. The maximum Gasteiger partial charge on any atom is 0.410 e. The molecular weight excluding hydrogens is 524 g/mol. The number of rotatable bonds is 6. The van der Waals surface area contributed by atoms with Crippen molar-refractivity contribution in [1.82, 2.24) is 9.80 Å². The second-order valence-corrected chi connectivity index (χ2v) is 12.6. The molecule has 220 valence electrons. The monoisotopic (exact) mass is 566 g/mol. The van der Waals surface area contributed by atoms with E-state index in [9.17, 15) is 10.1 Å². The standard InChI is InChI=1S/C35H42N4O3/c1-22-16-23(2)18-28(17-22)34-24(3)39(35(40)42-34)21-31-29(11-13-33(37-31)38-14-5-15-38)30-19-27(10-12-32(30)41-4)26-8-6-25(20-36)7-9-26/h10-13,16-19,24-26,29,31,34H,5-9,14-15,21H2,1-4H3/t24-,25?,26?,29?,31?,34-/m0/s1. The van der Waals surface area contributed by atoms with E-state index in [-0.39, 0.29) is 36.1 Å². The largest absolute Gasteiger partial charge is 0.496 e. The van der Waals surface area contributed by atoms with Crippen molar-refractivity contribution in [3.8, 4) is 11.8 Å². The van der Waals surface area contributed by atoms with Crippen LogP contribution in [0.5, 0.6) is 5.75 Å². The molecular formula is C35H42N4O3. The lowest BCUT2D eigenvalue weighted by Gasteiger charge is -2.37. The zero-order chi connectivity index (χ0) is 29.4. The first kappa shape index (κ1) is 28.3. The van der Waals surface area contributed by atoms with Crippen molar-refractivity contribution in [3.63, 3.8) is 0 Å². The van der Waals surface area contributed by atoms with Gasteiger partial charge in [0.15, 0.2) is 0 Å². The van der Waals surface area contributed by atoms with E-state index in [1.807, 2.05) is 4.90 Å². The molecule has 2 unspecified atom stereocenters. The number of hydrogen-bond donors (Lipinski definition) is 0. The minimum atomic E-state index is -0.311. The van der Waals surface area contributed by atoms with Crippen molar-refractivity contribution in [2.24, 2.45) is 10.9 Å². The highest BCUT2D eigenvalue weighted by Gasteiger charge is 2.42. The van der Waals surface area contributed by atoms with Gasteiger partial charge in [0.25, 0.3) is 0 Å². The van der Waals surface area contributed by atoms with Crippen molar-refractivity contribution in [3.05, 3.63) is 76.4 Å². The van der Waals surface area contributed by atoms with Gasteiger partial charge in [-0.15, -0.1) is 0 Å². The van der Waals surface area contributed by atoms with E-state index in [0.717, 1.165) is 61.5 Å². The molecule has 1 amide bonds. The molecule has 2 saturated heterocycles. The lowest BCUT2D eigenvalue weighted by atomic mass is 9.78. The Bertz CT molecular complexity index is 1410. The number of nitrogens with zero attached hydrogens (tertiary/aromatic N) is 4. The van der Waals surface area contributed by atoms with Gasteiger partial charge in [-0.2, -0.15) is 5.26 Å². The number of amides is 1. The quantitative estimate of drug-likeness (QED) is 0.384. The number of likely N-dealkylation sites (tertiary alicyclic amines) is 1. The van der Waals surface area contributed by atoms with Crippen LogP contribution in [0.4, 0.5) is 4.79 Å². The van der Waals surface area contributed by atoms with Crippen molar-refractivity contribution in [2.75, 3.05) is 26.7 Å². The number of benzene rings is 2. The van der Waals surface area contributed by atoms with Crippen LogP contribution in [0, 0.1) is 31.1 Å². The maximum atomic E-state index is 13.4. The first-order chi connectivity index (χ1) is 20.3. The van der Waals surface area contributed by atoms with Crippen LogP contribution >= 0.6 is 0 Å². The van der Waals surface area contributed by atoms with Crippen molar-refractivity contribution >= 4 is 11.9 Å². The molecule has 0 radical (unpaired) electrons. The number of carbonyl (C=O) groups is 1. The summed E-state index contributed by atoms with van der Waals surface area (Å²) in [6, 6.07) is 15.1. The summed E-state index contributed by atoms with van der Waals surface area (Å²) in [6.45, 7) is 8.74. The van der Waals surface area contributed by atoms with Gasteiger partial charge in [0, 0.05) is 37.0 Å². The molecule has 4 aliphatic rings. The molecule has 42 heavy (non-hydrogen) atoms. The normalized spacial score (nSPS) is 29.0. The summed E-state index contributed by atoms with van der Waals surface area (Å²) in [5, 5.41) is 9.37. The molecule has 0 spiro atoms. The predicted octanol–water partition coefficient (Wildman–Crippen LogP) is 6.82. The van der Waals surface area contributed by atoms with Gasteiger partial charge in [-0.3, -0.25) is 9.89 Å². The summed E-state index contributed by atoms with van der Waals surface area (Å²) in [6.07, 6.45) is 8.96. The van der Waals surface area contributed by atoms with E-state index in [4.69, 9.17) is 14.5 Å². The third-order valence-electron chi connectivity index (χ3n) is 9.69. The highest BCUT2D eigenvalue weighted by molar-refractivity contribution is 5.94. The predicted molar refractivity (Wildman–Crippen MR) is 164 cm³/mol. The molecule has 6 rings (SSSR count). The van der Waals surface area contributed by atoms with Crippen LogP contribution in [0.25, 0.3) is 0 Å². The van der Waals surface area contributed by atoms with Crippen LogP contribution < -0.4 is 4.74 Å². The van der Waals surface area contributed by atoms with E-state index >= 15 is 0 Å². The van der Waals surface area contributed by atoms with Crippen LogP contribution in [0.2, 0.25) is 0 Å². The topological polar surface area (TPSA) is 78.2 Å². The molecule has 0 N–H and O–H groups in total. The fourth-order valence-electron chi connectivity index (χ4n) is 7.20. The van der Waals surface area contributed by atoms with E-state index in [2.05, 4.69) is 80.3 Å². The highest BCUT2D eigenvalue weighted by atomic mass is 16.6. The van der Waals surface area contributed by atoms with Gasteiger partial charge in [-0.05, 0) is 82.1 Å². The van der Waals surface area contributed by atoms with Crippen LogP contribution in [0.3, 0.4) is 0 Å². The Kier molecular flexibility index (Phi) is 7.98. The molecule has 3 heterocycles. The van der Waals surface area contributed by atoms with Gasteiger partial charge < -0.3 is 14.4 Å². The average molecular weight is 567 g/mol. The molecule has 1 saturated carbocycles. The van der Waals surface area contributed by atoms with Gasteiger partial charge in [-0.25, -0.2) is 4.79 Å². The second kappa shape index (κ2) is 11.8. The number of nitriles is 1. The molecule has 3 aliphatic heterocycles. The third kappa shape index (κ3) is 5.52. The lowest BCUT2D eigenvalue weighted by Crippen LogP contribution is -2.45. The average Bonchev–Trinajstić information content (AvgIpc) is 3.24. The Morgan fingerprint density at radius 2 is 1.79 bits per heavy atom. The number of carbonyl (C=O) groups excluding carboxylic acids is 1. The molecule has 0 aromatic heterocycles. The van der Waals surface area contributed by atoms with Gasteiger partial charge in [-0.1, -0.05) is 47.5 Å². The molecule has 4 atom stereocenters. The SMILES string of the molecule is COc1ccc(C2CCC(C#N)CC2)cc1C1C=CC(N2CCC2)=NC1CN1C(=O)O[C@H](c2cc(C)cc(C)c2)[C@@H]1C. The van der Waals surface area contributed by atoms with E-state index in [0.29, 0.717) is 12.5 Å². The van der Waals surface area contributed by atoms with Crippen LogP contribution in [0.15, 0.2) is 53.5 Å². The number of cyclic esters (lactones) is 1. The number of hydrogen-bond acceptors (Lipinski definition) is 6. The Morgan fingerprint density at radius 3 is 2.43 bits per heavy atom. The second-order valence-electron chi connectivity index (χ2n) is 12.6. The first-order valence-corrected chi connectivity index (χ1v) is 15.5. The van der Waals surface area contributed by atoms with Crippen molar-refractivity contribution < 1.29 is 14.3 Å². The van der Waals surface area contributed by atoms with Crippen LogP contribution in [-0.4, -0.2) is 60.6 Å². The summed E-state index contributed by atoms with van der Waals surface area (Å²) in [4.78, 5) is 22.8. The number of dihydropyridines is 1. The fourth-order valence-corrected chi connectivity index (χ4v) is 7.20. The van der Waals surface area contributed by atoms with Crippen LogP contribution in [-0.2, 0) is 4.74 Å². The first-order valence-electron chi connectivity index (χ1n) is 15.5. The molecule has 0 bridgehead atoms. The number of aryl methyl sites for hydroxylation is 2. The Morgan fingerprint density at radius 1 is 1.05 bits per heavy atom. The number of amidine groups is 1. The van der Waals surface area contributed by atoms with Gasteiger partial charge in [0.05, 0.1) is 25.3 Å². The molecule has 3 fully saturated rings. The minimum Gasteiger partial charge on any atom is -0.496 e. The lowest BCUT2D eigenvalue weighted by molar-refractivity contribution is 0.130. The van der Waals surface area contributed by atoms with E-state index < -0.39 is 0 Å². The van der Waals surface area contributed by atoms with Crippen molar-refractivity contribution in [2.45, 2.75) is 82.9 Å². The van der Waals surface area contributed by atoms with Gasteiger partial charge >= 0.3 is 6.09 Å². The van der Waals surface area contributed by atoms with Crippen molar-refractivity contribution in [1.29, 1.82) is 5.26 Å². The summed E-state index contributed by atoms with van der Waals surface area (Å²) < 4.78 is 11.9. The summed E-state index contributed by atoms with van der Waals surface area (Å²) >= 11 is 0. The molecule has 2 aromatic carbocycles. The third-order valence-corrected chi connectivity index (χ3v) is 9.69. The molecule has 7 nitrogen and oxygen atoms in total. The fraction of sp³-hybridized carbons (Fsp3) is 0.514. The Labute approximate surface area is 249 Å². The summed E-state index contributed by atoms with van der Waals surface area (Å²) in [5.41, 5.74) is 5.79. The minimum absolute atomic E-state index is 0.0411. The van der Waals surface area contributed by atoms with Gasteiger partial charge in [0.1, 0.15) is 17.7 Å². The van der Waals surface area contributed by atoms with Gasteiger partial charge in [0.2, 0.25) is 0 Å². The van der Waals surface area contributed by atoms with E-state index in [1.54, 1.807) is 7.11 Å². The smallest absolute Gasteiger partial charge is 0.410 e. The number of methoxy groups -OCH3 is 1. The Balaban J connectivity index is 1.30. The Hall–Kier alpha value is -3.79. The van der Waals surface area contributed by atoms with E-state index in [1.165, 1.54) is 23.1 Å². The number of ether oxygens (including phenoxy) is 2. The summed E-state index contributed by atoms with van der Waals surface area (Å²) in [7, 11) is 1.72. The highest BCUT2D eigenvalue weighted by Crippen LogP contribution is 2.42. The number of aliphatic imine (C=N–C) groups is 1. The summed E-state index contributed by atoms with van der Waals surface area (Å²) in [5.74, 6) is 2.42. The molecule has 1 aliphatic carbocycles. The van der Waals surface area contributed by atoms with Crippen LogP contribution in [0.1, 0.15) is 84.8 Å².